The van der Waals surface area contributed by atoms with Crippen LogP contribution in [0.4, 0.5) is 0 Å². The van der Waals surface area contributed by atoms with Crippen molar-refractivity contribution in [3.63, 3.8) is 0 Å². The van der Waals surface area contributed by atoms with Crippen LogP contribution in [0.25, 0.3) is 22.0 Å². The lowest BCUT2D eigenvalue weighted by Gasteiger charge is -2.32. The van der Waals surface area contributed by atoms with E-state index in [1.807, 2.05) is 36.1 Å². The number of hydrogen-bond donors (Lipinski definition) is 0. The third-order valence-electron chi connectivity index (χ3n) is 5.24. The van der Waals surface area contributed by atoms with Crippen LogP contribution in [-0.2, 0) is 4.79 Å². The average Bonchev–Trinajstić information content (AvgIpc) is 2.74. The van der Waals surface area contributed by atoms with Crippen molar-refractivity contribution < 1.29 is 9.53 Å². The highest BCUT2D eigenvalue weighted by Gasteiger charge is 2.22. The van der Waals surface area contributed by atoms with Crippen molar-refractivity contribution >= 4 is 28.4 Å². The van der Waals surface area contributed by atoms with Gasteiger partial charge in [0.1, 0.15) is 11.9 Å². The van der Waals surface area contributed by atoms with E-state index in [4.69, 9.17) is 16.3 Å². The first kappa shape index (κ1) is 18.8. The summed E-state index contributed by atoms with van der Waals surface area (Å²) >= 11 is 6.01. The van der Waals surface area contributed by atoms with Crippen molar-refractivity contribution in [3.8, 4) is 16.9 Å². The molecule has 1 fully saturated rings. The summed E-state index contributed by atoms with van der Waals surface area (Å²) in [6, 6.07) is 16.3. The Hall–Kier alpha value is -2.59. The van der Waals surface area contributed by atoms with Gasteiger partial charge in [-0.2, -0.15) is 0 Å². The van der Waals surface area contributed by atoms with Crippen LogP contribution in [0.1, 0.15) is 26.2 Å². The number of fused-ring (bicyclic) bond motifs is 1. The van der Waals surface area contributed by atoms with Crippen LogP contribution in [0, 0.1) is 0 Å². The van der Waals surface area contributed by atoms with Crippen LogP contribution in [0.15, 0.2) is 54.7 Å². The molecule has 2 aromatic carbocycles. The van der Waals surface area contributed by atoms with Crippen LogP contribution in [-0.4, -0.2) is 35.0 Å². The quantitative estimate of drug-likeness (QED) is 0.600. The standard InChI is InChI=1S/C23H23ClN2O2/c1-2-23(27)26-11-9-21(10-12-26)28-20-7-5-16(6-8-20)17-3-4-18-13-19(24)15-25-22(18)14-17/h3-8,13-15,21H,2,9-12H2,1H3. The summed E-state index contributed by atoms with van der Waals surface area (Å²) in [6.07, 6.45) is 4.17. The van der Waals surface area contributed by atoms with E-state index in [1.54, 1.807) is 6.20 Å². The molecular weight excluding hydrogens is 372 g/mol. The number of carbonyl (C=O) groups is 1. The smallest absolute Gasteiger partial charge is 0.222 e. The fraction of sp³-hybridized carbons (Fsp3) is 0.304. The topological polar surface area (TPSA) is 42.4 Å². The molecule has 0 aliphatic carbocycles. The van der Waals surface area contributed by atoms with Crippen molar-refractivity contribution in [2.75, 3.05) is 13.1 Å². The molecule has 0 unspecified atom stereocenters. The van der Waals surface area contributed by atoms with Gasteiger partial charge in [0.15, 0.2) is 0 Å². The van der Waals surface area contributed by atoms with Gasteiger partial charge in [-0.25, -0.2) is 0 Å². The van der Waals surface area contributed by atoms with Crippen LogP contribution < -0.4 is 4.74 Å². The zero-order valence-corrected chi connectivity index (χ0v) is 16.7. The van der Waals surface area contributed by atoms with Crippen molar-refractivity contribution in [2.45, 2.75) is 32.3 Å². The fourth-order valence-electron chi connectivity index (χ4n) is 3.64. The molecule has 0 spiro atoms. The Balaban J connectivity index is 1.42. The molecule has 5 heteroatoms. The Morgan fingerprint density at radius 2 is 1.82 bits per heavy atom. The monoisotopic (exact) mass is 394 g/mol. The van der Waals surface area contributed by atoms with Crippen molar-refractivity contribution in [1.29, 1.82) is 0 Å². The van der Waals surface area contributed by atoms with Crippen LogP contribution in [0.3, 0.4) is 0 Å². The molecule has 28 heavy (non-hydrogen) atoms. The minimum atomic E-state index is 0.168. The van der Waals surface area contributed by atoms with Gasteiger partial charge in [0, 0.05) is 43.9 Å². The molecule has 1 aliphatic heterocycles. The number of rotatable bonds is 4. The predicted octanol–water partition coefficient (Wildman–Crippen LogP) is 5.34. The van der Waals surface area contributed by atoms with E-state index in [1.165, 1.54) is 0 Å². The largest absolute Gasteiger partial charge is 0.490 e. The van der Waals surface area contributed by atoms with E-state index in [0.29, 0.717) is 11.4 Å². The van der Waals surface area contributed by atoms with Gasteiger partial charge >= 0.3 is 0 Å². The number of benzene rings is 2. The first-order chi connectivity index (χ1) is 13.6. The molecule has 0 radical (unpaired) electrons. The summed E-state index contributed by atoms with van der Waals surface area (Å²) < 4.78 is 6.13. The van der Waals surface area contributed by atoms with Gasteiger partial charge in [-0.1, -0.05) is 42.8 Å². The summed E-state index contributed by atoms with van der Waals surface area (Å²) in [5.74, 6) is 1.10. The Kier molecular flexibility index (Phi) is 5.49. The maximum atomic E-state index is 11.8. The Labute approximate surface area is 170 Å². The highest BCUT2D eigenvalue weighted by atomic mass is 35.5. The number of likely N-dealkylation sites (tertiary alicyclic amines) is 1. The molecule has 3 aromatic rings. The van der Waals surface area contributed by atoms with E-state index >= 15 is 0 Å². The molecule has 1 amide bonds. The molecule has 4 nitrogen and oxygen atoms in total. The number of amides is 1. The van der Waals surface area contributed by atoms with Crippen LogP contribution in [0.2, 0.25) is 5.02 Å². The lowest BCUT2D eigenvalue weighted by Crippen LogP contribution is -2.41. The number of ether oxygens (including phenoxy) is 1. The minimum Gasteiger partial charge on any atom is -0.490 e. The van der Waals surface area contributed by atoms with Crippen molar-refractivity contribution in [3.05, 3.63) is 59.8 Å². The molecule has 1 saturated heterocycles. The highest BCUT2D eigenvalue weighted by Crippen LogP contribution is 2.27. The van der Waals surface area contributed by atoms with Crippen molar-refractivity contribution in [1.82, 2.24) is 9.88 Å². The zero-order chi connectivity index (χ0) is 19.5. The maximum absolute atomic E-state index is 11.8. The number of hydrogen-bond acceptors (Lipinski definition) is 3. The predicted molar refractivity (Wildman–Crippen MR) is 113 cm³/mol. The summed E-state index contributed by atoms with van der Waals surface area (Å²) in [7, 11) is 0. The number of aromatic nitrogens is 1. The zero-order valence-electron chi connectivity index (χ0n) is 15.9. The molecule has 0 saturated carbocycles. The summed E-state index contributed by atoms with van der Waals surface area (Å²) in [5, 5.41) is 1.68. The number of carbonyl (C=O) groups excluding carboxylic acids is 1. The summed E-state index contributed by atoms with van der Waals surface area (Å²) in [6.45, 7) is 3.47. The first-order valence-electron chi connectivity index (χ1n) is 9.72. The fourth-order valence-corrected chi connectivity index (χ4v) is 3.81. The minimum absolute atomic E-state index is 0.168. The molecule has 0 atom stereocenters. The molecular formula is C23H23ClN2O2. The van der Waals surface area contributed by atoms with E-state index < -0.39 is 0 Å². The number of piperidine rings is 1. The molecule has 0 N–H and O–H groups in total. The Morgan fingerprint density at radius 3 is 2.54 bits per heavy atom. The Bertz CT molecular complexity index is 980. The van der Waals surface area contributed by atoms with Gasteiger partial charge in [-0.05, 0) is 35.4 Å². The SMILES string of the molecule is CCC(=O)N1CCC(Oc2ccc(-c3ccc4cc(Cl)cnc4c3)cc2)CC1. The van der Waals surface area contributed by atoms with E-state index in [0.717, 1.165) is 53.7 Å². The second-order valence-electron chi connectivity index (χ2n) is 7.14. The van der Waals surface area contributed by atoms with Gasteiger partial charge in [0.05, 0.1) is 10.5 Å². The lowest BCUT2D eigenvalue weighted by atomic mass is 10.0. The van der Waals surface area contributed by atoms with E-state index in [-0.39, 0.29) is 12.0 Å². The number of pyridine rings is 1. The van der Waals surface area contributed by atoms with Gasteiger partial charge in [-0.15, -0.1) is 0 Å². The third kappa shape index (κ3) is 4.12. The molecule has 0 bridgehead atoms. The third-order valence-corrected chi connectivity index (χ3v) is 5.45. The maximum Gasteiger partial charge on any atom is 0.222 e. The molecule has 2 heterocycles. The second-order valence-corrected chi connectivity index (χ2v) is 7.57. The van der Waals surface area contributed by atoms with Crippen molar-refractivity contribution in [2.24, 2.45) is 0 Å². The number of nitrogens with zero attached hydrogens (tertiary/aromatic N) is 2. The van der Waals surface area contributed by atoms with Gasteiger partial charge in [0.2, 0.25) is 5.91 Å². The molecule has 144 valence electrons. The first-order valence-corrected chi connectivity index (χ1v) is 10.1. The normalized spacial score (nSPS) is 15.0. The lowest BCUT2D eigenvalue weighted by molar-refractivity contribution is -0.132. The molecule has 1 aromatic heterocycles. The second kappa shape index (κ2) is 8.19. The Morgan fingerprint density at radius 1 is 1.11 bits per heavy atom. The van der Waals surface area contributed by atoms with Gasteiger partial charge in [0.25, 0.3) is 0 Å². The van der Waals surface area contributed by atoms with E-state index in [9.17, 15) is 4.79 Å². The summed E-state index contributed by atoms with van der Waals surface area (Å²) in [5.41, 5.74) is 3.16. The summed E-state index contributed by atoms with van der Waals surface area (Å²) in [4.78, 5) is 18.1. The van der Waals surface area contributed by atoms with Gasteiger partial charge in [-0.3, -0.25) is 9.78 Å². The van der Waals surface area contributed by atoms with E-state index in [2.05, 4.69) is 29.2 Å². The molecule has 1 aliphatic rings. The highest BCUT2D eigenvalue weighted by molar-refractivity contribution is 6.31. The van der Waals surface area contributed by atoms with Crippen LogP contribution >= 0.6 is 11.6 Å². The van der Waals surface area contributed by atoms with Gasteiger partial charge < -0.3 is 9.64 Å². The average molecular weight is 395 g/mol. The molecule has 4 rings (SSSR count). The number of halogens is 1. The van der Waals surface area contributed by atoms with Crippen LogP contribution in [0.5, 0.6) is 5.75 Å².